The number of likely N-dealkylation sites (tertiary alicyclic amines) is 1. The molecule has 1 aliphatic rings. The average Bonchev–Trinajstić information content (AvgIpc) is 3.28. The number of nitrogens with one attached hydrogen (secondary N) is 2. The maximum atomic E-state index is 12.8. The number of halogens is 2. The Labute approximate surface area is 192 Å². The first-order valence-electron chi connectivity index (χ1n) is 10.7. The maximum absolute atomic E-state index is 12.8. The smallest absolute Gasteiger partial charge is 0.305 e. The molecule has 0 spiro atoms. The molecule has 0 radical (unpaired) electrons. The molecule has 2 N–H and O–H groups in total. The van der Waals surface area contributed by atoms with Crippen molar-refractivity contribution in [1.82, 2.24) is 24.0 Å². The van der Waals surface area contributed by atoms with Gasteiger partial charge in [0.25, 0.3) is 0 Å². The van der Waals surface area contributed by atoms with Crippen LogP contribution in [-0.4, -0.2) is 43.6 Å². The first kappa shape index (κ1) is 21.4. The summed E-state index contributed by atoms with van der Waals surface area (Å²) >= 11 is 6.22. The number of hydrogen-bond acceptors (Lipinski definition) is 4. The number of piperidine rings is 1. The number of aromatic amines is 2. The molecule has 1 aliphatic heterocycles. The van der Waals surface area contributed by atoms with Gasteiger partial charge in [0, 0.05) is 35.6 Å². The number of imidazole rings is 2. The molecule has 0 unspecified atom stereocenters. The van der Waals surface area contributed by atoms with Gasteiger partial charge in [0.15, 0.2) is 0 Å². The van der Waals surface area contributed by atoms with E-state index in [1.165, 1.54) is 0 Å². The second kappa shape index (κ2) is 8.80. The van der Waals surface area contributed by atoms with E-state index in [0.717, 1.165) is 55.4 Å². The summed E-state index contributed by atoms with van der Waals surface area (Å²) in [6, 6.07) is 10.8. The van der Waals surface area contributed by atoms with Gasteiger partial charge in [-0.2, -0.15) is 3.89 Å². The minimum atomic E-state index is -0.168. The summed E-state index contributed by atoms with van der Waals surface area (Å²) in [6.45, 7) is 3.28. The van der Waals surface area contributed by atoms with Gasteiger partial charge in [-0.1, -0.05) is 11.6 Å². The van der Waals surface area contributed by atoms with Crippen LogP contribution in [0.15, 0.2) is 50.9 Å². The van der Waals surface area contributed by atoms with Crippen molar-refractivity contribution >= 4 is 45.8 Å². The van der Waals surface area contributed by atoms with E-state index in [4.69, 9.17) is 11.6 Å². The Balaban J connectivity index is 1.20. The third kappa shape index (κ3) is 4.00. The first-order chi connectivity index (χ1) is 15.5. The van der Waals surface area contributed by atoms with E-state index >= 15 is 0 Å². The van der Waals surface area contributed by atoms with Crippen molar-refractivity contribution in [1.29, 1.82) is 0 Å². The molecule has 168 valence electrons. The summed E-state index contributed by atoms with van der Waals surface area (Å²) in [7, 11) is 0. The number of H-pyrrole nitrogens is 2. The van der Waals surface area contributed by atoms with E-state index in [9.17, 15) is 13.5 Å². The van der Waals surface area contributed by atoms with Crippen molar-refractivity contribution in [3.8, 4) is 0 Å². The molecule has 0 atom stereocenters. The van der Waals surface area contributed by atoms with Crippen molar-refractivity contribution in [2.75, 3.05) is 19.6 Å². The molecule has 1 saturated heterocycles. The molecule has 3 heterocycles. The second-order valence-corrected chi connectivity index (χ2v) is 9.29. The van der Waals surface area contributed by atoms with Crippen molar-refractivity contribution in [2.45, 2.75) is 36.7 Å². The zero-order chi connectivity index (χ0) is 22.2. The van der Waals surface area contributed by atoms with E-state index in [1.807, 2.05) is 16.7 Å². The summed E-state index contributed by atoms with van der Waals surface area (Å²) in [5.74, 6) is 0. The Morgan fingerprint density at radius 2 is 1.69 bits per heavy atom. The zero-order valence-electron chi connectivity index (χ0n) is 17.3. The van der Waals surface area contributed by atoms with Crippen LogP contribution >= 0.6 is 23.7 Å². The van der Waals surface area contributed by atoms with E-state index in [-0.39, 0.29) is 29.6 Å². The highest BCUT2D eigenvalue weighted by atomic mass is 35.5. The van der Waals surface area contributed by atoms with Gasteiger partial charge in [-0.25, -0.2) is 9.59 Å². The molecular weight excluding hydrogens is 453 g/mol. The fourth-order valence-electron chi connectivity index (χ4n) is 4.73. The van der Waals surface area contributed by atoms with E-state index < -0.39 is 0 Å². The van der Waals surface area contributed by atoms with Gasteiger partial charge in [0.2, 0.25) is 0 Å². The number of aryl methyl sites for hydroxylation is 1. The summed E-state index contributed by atoms with van der Waals surface area (Å²) in [5.41, 5.74) is 2.86. The molecule has 0 amide bonds. The lowest BCUT2D eigenvalue weighted by molar-refractivity contribution is 0.183. The van der Waals surface area contributed by atoms with Crippen molar-refractivity contribution in [3.05, 3.63) is 62.4 Å². The number of benzene rings is 2. The van der Waals surface area contributed by atoms with Crippen LogP contribution in [-0.2, 0) is 6.54 Å². The third-order valence-corrected chi connectivity index (χ3v) is 6.96. The van der Waals surface area contributed by atoms with E-state index in [1.54, 1.807) is 28.8 Å². The van der Waals surface area contributed by atoms with E-state index in [0.29, 0.717) is 22.0 Å². The number of fused-ring (bicyclic) bond motifs is 2. The lowest BCUT2D eigenvalue weighted by atomic mass is 10.0. The number of rotatable bonds is 6. The fraction of sp³-hybridized carbons (Fsp3) is 0.364. The summed E-state index contributed by atoms with van der Waals surface area (Å²) in [4.78, 5) is 33.4. The van der Waals surface area contributed by atoms with Crippen molar-refractivity contribution in [2.24, 2.45) is 0 Å². The van der Waals surface area contributed by atoms with Gasteiger partial charge in [-0.05, 0) is 62.2 Å². The molecule has 2 aromatic heterocycles. The molecular formula is C22H23ClFN5O2S. The average molecular weight is 476 g/mol. The molecule has 32 heavy (non-hydrogen) atoms. The first-order valence-corrected chi connectivity index (χ1v) is 11.8. The minimum absolute atomic E-state index is 0.0891. The van der Waals surface area contributed by atoms with Gasteiger partial charge in [-0.3, -0.25) is 9.13 Å². The second-order valence-electron chi connectivity index (χ2n) is 8.23. The summed E-state index contributed by atoms with van der Waals surface area (Å²) in [5, 5.41) is 0.608. The van der Waals surface area contributed by atoms with Crippen LogP contribution in [0.4, 0.5) is 3.89 Å². The van der Waals surface area contributed by atoms with Crippen LogP contribution in [0.1, 0.15) is 25.3 Å². The highest BCUT2D eigenvalue weighted by molar-refractivity contribution is 7.94. The molecule has 4 aromatic rings. The molecule has 5 rings (SSSR count). The normalized spacial score (nSPS) is 15.8. The standard InChI is InChI=1S/C22H23ClFN5O2S/c23-14-2-4-20-17(12-14)26-22(31)29(20)15-6-10-27(11-7-15)8-1-9-28-19-5-3-16(32-24)13-18(19)25-21(28)30/h2-5,12-13,15H,1,6-11H2,(H,25,30)(H,26,31). The van der Waals surface area contributed by atoms with Crippen LogP contribution in [0.25, 0.3) is 22.1 Å². The topological polar surface area (TPSA) is 78.8 Å². The number of hydrogen-bond donors (Lipinski definition) is 2. The van der Waals surface area contributed by atoms with Crippen LogP contribution in [0, 0.1) is 0 Å². The molecule has 2 aromatic carbocycles. The Morgan fingerprint density at radius 3 is 2.47 bits per heavy atom. The Kier molecular flexibility index (Phi) is 5.88. The Hall–Kier alpha value is -2.49. The molecule has 0 bridgehead atoms. The Morgan fingerprint density at radius 1 is 0.969 bits per heavy atom. The predicted molar refractivity (Wildman–Crippen MR) is 126 cm³/mol. The Bertz CT molecular complexity index is 1380. The summed E-state index contributed by atoms with van der Waals surface area (Å²) < 4.78 is 16.4. The quantitative estimate of drug-likeness (QED) is 0.435. The SMILES string of the molecule is O=c1[nH]c2cc(SF)ccc2n1CCCN1CCC(n2c(=O)[nH]c3cc(Cl)ccc32)CC1. The molecule has 10 heteroatoms. The van der Waals surface area contributed by atoms with Gasteiger partial charge >= 0.3 is 11.4 Å². The van der Waals surface area contributed by atoms with Gasteiger partial charge < -0.3 is 14.9 Å². The molecule has 1 fully saturated rings. The van der Waals surface area contributed by atoms with Crippen LogP contribution < -0.4 is 11.4 Å². The van der Waals surface area contributed by atoms with Gasteiger partial charge in [0.05, 0.1) is 34.2 Å². The highest BCUT2D eigenvalue weighted by Crippen LogP contribution is 2.26. The third-order valence-electron chi connectivity index (χ3n) is 6.29. The lowest BCUT2D eigenvalue weighted by Gasteiger charge is -2.32. The fourth-order valence-corrected chi connectivity index (χ4v) is 5.19. The minimum Gasteiger partial charge on any atom is -0.305 e. The largest absolute Gasteiger partial charge is 0.326 e. The monoisotopic (exact) mass is 475 g/mol. The van der Waals surface area contributed by atoms with Crippen LogP contribution in [0.3, 0.4) is 0 Å². The lowest BCUT2D eigenvalue weighted by Crippen LogP contribution is -2.37. The van der Waals surface area contributed by atoms with Gasteiger partial charge in [-0.15, -0.1) is 0 Å². The van der Waals surface area contributed by atoms with E-state index in [2.05, 4.69) is 14.9 Å². The summed E-state index contributed by atoms with van der Waals surface area (Å²) in [6.07, 6.45) is 2.63. The van der Waals surface area contributed by atoms with Crippen LogP contribution in [0.5, 0.6) is 0 Å². The van der Waals surface area contributed by atoms with Crippen LogP contribution in [0.2, 0.25) is 5.02 Å². The molecule has 0 saturated carbocycles. The molecule has 7 nitrogen and oxygen atoms in total. The zero-order valence-corrected chi connectivity index (χ0v) is 18.9. The van der Waals surface area contributed by atoms with Crippen molar-refractivity contribution in [3.63, 3.8) is 0 Å². The van der Waals surface area contributed by atoms with Crippen molar-refractivity contribution < 1.29 is 3.89 Å². The highest BCUT2D eigenvalue weighted by Gasteiger charge is 2.23. The predicted octanol–water partition coefficient (Wildman–Crippen LogP) is 4.33. The van der Waals surface area contributed by atoms with Gasteiger partial charge in [0.1, 0.15) is 0 Å². The number of nitrogens with zero attached hydrogens (tertiary/aromatic N) is 3. The molecule has 0 aliphatic carbocycles. The maximum Gasteiger partial charge on any atom is 0.326 e. The number of aromatic nitrogens is 4.